The predicted molar refractivity (Wildman–Crippen MR) is 79.8 cm³/mol. The van der Waals surface area contributed by atoms with E-state index >= 15 is 0 Å². The summed E-state index contributed by atoms with van der Waals surface area (Å²) in [4.78, 5) is 16.1. The van der Waals surface area contributed by atoms with Crippen molar-refractivity contribution in [1.82, 2.24) is 4.98 Å². The quantitative estimate of drug-likeness (QED) is 0.912. The van der Waals surface area contributed by atoms with Crippen LogP contribution in [-0.4, -0.2) is 10.9 Å². The maximum atomic E-state index is 12.1. The summed E-state index contributed by atoms with van der Waals surface area (Å²) in [6.07, 6.45) is 8.54. The van der Waals surface area contributed by atoms with Crippen LogP contribution in [0.2, 0.25) is 0 Å². The molecule has 0 unspecified atom stereocenters. The molecule has 0 radical (unpaired) electrons. The van der Waals surface area contributed by atoms with Gasteiger partial charge in [0, 0.05) is 11.8 Å². The van der Waals surface area contributed by atoms with Gasteiger partial charge in [-0.25, -0.2) is 0 Å². The standard InChI is InChI=1S/C17H18N2O/c20-17(19-16-6-3-11-18-12-16)15-9-7-14(8-10-15)13-4-1-2-5-13/h3,6-13H,1-2,4-5H2,(H,19,20). The Labute approximate surface area is 119 Å². The van der Waals surface area contributed by atoms with Crippen LogP contribution in [0, 0.1) is 0 Å². The molecule has 1 saturated carbocycles. The monoisotopic (exact) mass is 266 g/mol. The SMILES string of the molecule is O=C(Nc1cccnc1)c1ccc(C2CCCC2)cc1. The van der Waals surface area contributed by atoms with Gasteiger partial charge in [-0.15, -0.1) is 0 Å². The number of aromatic nitrogens is 1. The van der Waals surface area contributed by atoms with E-state index in [1.54, 1.807) is 18.5 Å². The average molecular weight is 266 g/mol. The maximum absolute atomic E-state index is 12.1. The Hall–Kier alpha value is -2.16. The zero-order chi connectivity index (χ0) is 13.8. The molecule has 1 heterocycles. The van der Waals surface area contributed by atoms with Gasteiger partial charge in [0.05, 0.1) is 11.9 Å². The third-order valence-electron chi connectivity index (χ3n) is 3.92. The van der Waals surface area contributed by atoms with Gasteiger partial charge in [-0.05, 0) is 48.6 Å². The molecule has 1 N–H and O–H groups in total. The molecule has 1 aromatic carbocycles. The van der Waals surface area contributed by atoms with E-state index in [1.807, 2.05) is 18.2 Å². The Kier molecular flexibility index (Phi) is 3.77. The summed E-state index contributed by atoms with van der Waals surface area (Å²) in [6, 6.07) is 11.7. The lowest BCUT2D eigenvalue weighted by Gasteiger charge is -2.10. The number of nitrogens with zero attached hydrogens (tertiary/aromatic N) is 1. The molecular formula is C17H18N2O. The summed E-state index contributed by atoms with van der Waals surface area (Å²) in [6.45, 7) is 0. The second-order valence-electron chi connectivity index (χ2n) is 5.30. The number of hydrogen-bond acceptors (Lipinski definition) is 2. The molecule has 0 spiro atoms. The van der Waals surface area contributed by atoms with Crippen LogP contribution >= 0.6 is 0 Å². The van der Waals surface area contributed by atoms with Gasteiger partial charge >= 0.3 is 0 Å². The highest BCUT2D eigenvalue weighted by Crippen LogP contribution is 2.33. The highest BCUT2D eigenvalue weighted by atomic mass is 16.1. The van der Waals surface area contributed by atoms with Gasteiger partial charge in [-0.2, -0.15) is 0 Å². The molecule has 1 amide bonds. The van der Waals surface area contributed by atoms with Crippen LogP contribution in [0.3, 0.4) is 0 Å². The Balaban J connectivity index is 1.69. The van der Waals surface area contributed by atoms with Gasteiger partial charge in [0.25, 0.3) is 5.91 Å². The van der Waals surface area contributed by atoms with Crippen LogP contribution in [0.25, 0.3) is 0 Å². The van der Waals surface area contributed by atoms with E-state index in [2.05, 4.69) is 22.4 Å². The Bertz CT molecular complexity index is 572. The second-order valence-corrected chi connectivity index (χ2v) is 5.30. The number of hydrogen-bond donors (Lipinski definition) is 1. The van der Waals surface area contributed by atoms with Crippen molar-refractivity contribution >= 4 is 11.6 Å². The van der Waals surface area contributed by atoms with Crippen LogP contribution < -0.4 is 5.32 Å². The minimum absolute atomic E-state index is 0.0871. The molecule has 3 heteroatoms. The molecule has 1 fully saturated rings. The normalized spacial score (nSPS) is 15.2. The fourth-order valence-corrected chi connectivity index (χ4v) is 2.81. The van der Waals surface area contributed by atoms with E-state index in [0.29, 0.717) is 11.5 Å². The van der Waals surface area contributed by atoms with Crippen molar-refractivity contribution in [2.45, 2.75) is 31.6 Å². The highest BCUT2D eigenvalue weighted by Gasteiger charge is 2.17. The summed E-state index contributed by atoms with van der Waals surface area (Å²) in [5, 5.41) is 2.85. The first kappa shape index (κ1) is 12.9. The molecular weight excluding hydrogens is 248 g/mol. The lowest BCUT2D eigenvalue weighted by Crippen LogP contribution is -2.12. The van der Waals surface area contributed by atoms with E-state index in [-0.39, 0.29) is 5.91 Å². The van der Waals surface area contributed by atoms with E-state index < -0.39 is 0 Å². The number of nitrogens with one attached hydrogen (secondary N) is 1. The third kappa shape index (κ3) is 2.87. The zero-order valence-electron chi connectivity index (χ0n) is 11.4. The van der Waals surface area contributed by atoms with E-state index in [9.17, 15) is 4.79 Å². The number of carbonyl (C=O) groups excluding carboxylic acids is 1. The number of amides is 1. The first-order valence-corrected chi connectivity index (χ1v) is 7.14. The van der Waals surface area contributed by atoms with Crippen LogP contribution in [0.5, 0.6) is 0 Å². The van der Waals surface area contributed by atoms with Crippen LogP contribution in [-0.2, 0) is 0 Å². The first-order valence-electron chi connectivity index (χ1n) is 7.14. The van der Waals surface area contributed by atoms with Gasteiger partial charge in [0.2, 0.25) is 0 Å². The first-order chi connectivity index (χ1) is 9.83. The smallest absolute Gasteiger partial charge is 0.255 e. The fraction of sp³-hybridized carbons (Fsp3) is 0.294. The molecule has 0 saturated heterocycles. The van der Waals surface area contributed by atoms with E-state index in [4.69, 9.17) is 0 Å². The van der Waals surface area contributed by atoms with Crippen LogP contribution in [0.15, 0.2) is 48.8 Å². The highest BCUT2D eigenvalue weighted by molar-refractivity contribution is 6.04. The molecule has 1 aliphatic carbocycles. The number of rotatable bonds is 3. The summed E-state index contributed by atoms with van der Waals surface area (Å²) >= 11 is 0. The third-order valence-corrected chi connectivity index (χ3v) is 3.92. The van der Waals surface area contributed by atoms with Gasteiger partial charge in [-0.3, -0.25) is 9.78 Å². The van der Waals surface area contributed by atoms with Crippen molar-refractivity contribution < 1.29 is 4.79 Å². The van der Waals surface area contributed by atoms with Gasteiger partial charge in [0.1, 0.15) is 0 Å². The van der Waals surface area contributed by atoms with Crippen molar-refractivity contribution in [3.8, 4) is 0 Å². The lowest BCUT2D eigenvalue weighted by atomic mass is 9.96. The molecule has 2 aromatic rings. The minimum Gasteiger partial charge on any atom is -0.321 e. The second kappa shape index (κ2) is 5.87. The number of carbonyl (C=O) groups is 1. The Morgan fingerprint density at radius 1 is 1.10 bits per heavy atom. The van der Waals surface area contributed by atoms with Gasteiger partial charge < -0.3 is 5.32 Å². The topological polar surface area (TPSA) is 42.0 Å². The van der Waals surface area contributed by atoms with Gasteiger partial charge in [-0.1, -0.05) is 25.0 Å². The number of pyridine rings is 1. The Morgan fingerprint density at radius 3 is 2.50 bits per heavy atom. The van der Waals surface area contributed by atoms with Crippen molar-refractivity contribution in [2.75, 3.05) is 5.32 Å². The molecule has 1 aliphatic rings. The van der Waals surface area contributed by atoms with Crippen LogP contribution in [0.1, 0.15) is 47.5 Å². The molecule has 0 aliphatic heterocycles. The van der Waals surface area contributed by atoms with Crippen molar-refractivity contribution in [3.05, 3.63) is 59.9 Å². The number of anilines is 1. The summed E-state index contributed by atoms with van der Waals surface area (Å²) in [5.74, 6) is 0.599. The molecule has 3 nitrogen and oxygen atoms in total. The molecule has 20 heavy (non-hydrogen) atoms. The molecule has 0 bridgehead atoms. The number of benzene rings is 1. The summed E-state index contributed by atoms with van der Waals surface area (Å²) < 4.78 is 0. The van der Waals surface area contributed by atoms with E-state index in [1.165, 1.54) is 31.2 Å². The molecule has 0 atom stereocenters. The fourth-order valence-electron chi connectivity index (χ4n) is 2.81. The molecule has 1 aromatic heterocycles. The Morgan fingerprint density at radius 2 is 1.85 bits per heavy atom. The van der Waals surface area contributed by atoms with Crippen LogP contribution in [0.4, 0.5) is 5.69 Å². The zero-order valence-corrected chi connectivity index (χ0v) is 11.4. The predicted octanol–water partition coefficient (Wildman–Crippen LogP) is 3.99. The summed E-state index contributed by atoms with van der Waals surface area (Å²) in [5.41, 5.74) is 2.77. The minimum atomic E-state index is -0.0871. The molecule has 102 valence electrons. The van der Waals surface area contributed by atoms with Crippen molar-refractivity contribution in [2.24, 2.45) is 0 Å². The molecule has 3 rings (SSSR count). The van der Waals surface area contributed by atoms with E-state index in [0.717, 1.165) is 5.69 Å². The van der Waals surface area contributed by atoms with Crippen molar-refractivity contribution in [1.29, 1.82) is 0 Å². The maximum Gasteiger partial charge on any atom is 0.255 e. The summed E-state index contributed by atoms with van der Waals surface area (Å²) in [7, 11) is 0. The average Bonchev–Trinajstić information content (AvgIpc) is 3.03. The largest absolute Gasteiger partial charge is 0.321 e. The lowest BCUT2D eigenvalue weighted by molar-refractivity contribution is 0.102. The van der Waals surface area contributed by atoms with Crippen molar-refractivity contribution in [3.63, 3.8) is 0 Å². The van der Waals surface area contributed by atoms with Gasteiger partial charge in [0.15, 0.2) is 0 Å².